The summed E-state index contributed by atoms with van der Waals surface area (Å²) in [6.45, 7) is 0.857. The largest absolute Gasteiger partial charge is 0.220 e. The first-order chi connectivity index (χ1) is 13.4. The van der Waals surface area contributed by atoms with Crippen LogP contribution in [0.4, 0.5) is 0 Å². The summed E-state index contributed by atoms with van der Waals surface area (Å²) >= 11 is 0. The third-order valence-electron chi connectivity index (χ3n) is 5.14. The van der Waals surface area contributed by atoms with Crippen molar-refractivity contribution >= 4 is 10.8 Å². The molecule has 3 aromatic rings. The quantitative estimate of drug-likeness (QED) is 0.356. The van der Waals surface area contributed by atoms with Gasteiger partial charge in [-0.15, -0.1) is 0 Å². The lowest BCUT2D eigenvalue weighted by Crippen LogP contribution is -2.36. The molecule has 0 unspecified atom stereocenters. The Kier molecular flexibility index (Phi) is 3.91. The molecule has 1 aromatic heterocycles. The third-order valence-corrected chi connectivity index (χ3v) is 5.14. The number of pyridine rings is 1. The minimum absolute atomic E-state index is 0.857. The van der Waals surface area contributed by atoms with Crippen LogP contribution in [0.1, 0.15) is 5.56 Å². The Bertz CT molecular complexity index is 1160. The minimum Gasteiger partial charge on any atom is -0.193 e. The van der Waals surface area contributed by atoms with E-state index in [4.69, 9.17) is 0 Å². The van der Waals surface area contributed by atoms with Crippen LogP contribution >= 0.6 is 0 Å². The Labute approximate surface area is 159 Å². The monoisotopic (exact) mass is 346 g/mol. The van der Waals surface area contributed by atoms with Gasteiger partial charge >= 0.3 is 0 Å². The van der Waals surface area contributed by atoms with Crippen LogP contribution in [0.3, 0.4) is 0 Å². The van der Waals surface area contributed by atoms with E-state index in [0.717, 1.165) is 6.54 Å². The van der Waals surface area contributed by atoms with E-state index in [1.54, 1.807) is 0 Å². The Morgan fingerprint density at radius 1 is 0.556 bits per heavy atom. The molecule has 2 aliphatic rings. The summed E-state index contributed by atoms with van der Waals surface area (Å²) in [5, 5.41) is 2.56. The molecule has 0 atom stereocenters. The van der Waals surface area contributed by atoms with Gasteiger partial charge < -0.3 is 0 Å². The number of nitrogens with zero attached hydrogens (tertiary/aromatic N) is 1. The van der Waals surface area contributed by atoms with Crippen LogP contribution in [0.2, 0.25) is 0 Å². The molecule has 0 radical (unpaired) electrons. The zero-order valence-corrected chi connectivity index (χ0v) is 15.0. The highest BCUT2D eigenvalue weighted by Gasteiger charge is 2.20. The van der Waals surface area contributed by atoms with Crippen LogP contribution in [0.15, 0.2) is 109 Å². The van der Waals surface area contributed by atoms with Gasteiger partial charge in [0.15, 0.2) is 12.7 Å². The second-order valence-corrected chi connectivity index (χ2v) is 6.93. The maximum atomic E-state index is 2.37. The molecule has 128 valence electrons. The average Bonchev–Trinajstić information content (AvgIpc) is 2.98. The molecule has 1 heterocycles. The lowest BCUT2D eigenvalue weighted by molar-refractivity contribution is -0.676. The molecule has 0 saturated heterocycles. The third kappa shape index (κ3) is 2.98. The number of rotatable bonds is 3. The van der Waals surface area contributed by atoms with Crippen LogP contribution < -0.4 is 4.57 Å². The smallest absolute Gasteiger partial charge is 0.193 e. The molecule has 0 N–H and O–H groups in total. The molecule has 0 saturated carbocycles. The Hall–Kier alpha value is -3.45. The van der Waals surface area contributed by atoms with E-state index >= 15 is 0 Å². The first-order valence-electron chi connectivity index (χ1n) is 9.33. The molecule has 2 aromatic carbocycles. The molecule has 0 amide bonds. The van der Waals surface area contributed by atoms with Crippen LogP contribution in [0.5, 0.6) is 0 Å². The van der Waals surface area contributed by atoms with Gasteiger partial charge in [0.05, 0.1) is 5.39 Å². The molecule has 1 heteroatoms. The maximum absolute atomic E-state index is 2.37. The van der Waals surface area contributed by atoms with Crippen molar-refractivity contribution in [3.8, 4) is 22.4 Å². The molecule has 0 aliphatic heterocycles. The number of hydrogen-bond acceptors (Lipinski definition) is 0. The summed E-state index contributed by atoms with van der Waals surface area (Å²) in [5.41, 5.74) is 6.39. The van der Waals surface area contributed by atoms with Gasteiger partial charge in [-0.3, -0.25) is 0 Å². The first kappa shape index (κ1) is 15.8. The van der Waals surface area contributed by atoms with Crippen molar-refractivity contribution in [1.82, 2.24) is 0 Å². The Balaban J connectivity index is 1.75. The zero-order valence-electron chi connectivity index (χ0n) is 15.0. The van der Waals surface area contributed by atoms with Crippen molar-refractivity contribution in [1.29, 1.82) is 0 Å². The lowest BCUT2D eigenvalue weighted by atomic mass is 10.0. The predicted molar refractivity (Wildman–Crippen MR) is 112 cm³/mol. The highest BCUT2D eigenvalue weighted by atomic mass is 15.0. The van der Waals surface area contributed by atoms with Crippen molar-refractivity contribution in [3.05, 3.63) is 115 Å². The summed E-state index contributed by atoms with van der Waals surface area (Å²) in [6.07, 6.45) is 2.21. The lowest BCUT2D eigenvalue weighted by Gasteiger charge is -2.07. The normalized spacial score (nSPS) is 11.1. The van der Waals surface area contributed by atoms with Crippen molar-refractivity contribution in [3.63, 3.8) is 0 Å². The SMILES string of the molecule is c1ccc(C[n+]2ccc3ccccc3c2-c2cc3cccccc-3c2)cc1. The fourth-order valence-corrected chi connectivity index (χ4v) is 3.84. The molecule has 1 nitrogen and oxygen atoms in total. The van der Waals surface area contributed by atoms with Gasteiger partial charge in [-0.05, 0) is 34.7 Å². The molecular formula is C26H20N+. The van der Waals surface area contributed by atoms with Gasteiger partial charge in [-0.2, -0.15) is 4.57 Å². The van der Waals surface area contributed by atoms with Gasteiger partial charge in [0.1, 0.15) is 0 Å². The second kappa shape index (κ2) is 6.69. The second-order valence-electron chi connectivity index (χ2n) is 6.93. The molecule has 0 fully saturated rings. The predicted octanol–water partition coefficient (Wildman–Crippen LogP) is 5.95. The van der Waals surface area contributed by atoms with Gasteiger partial charge in [0.25, 0.3) is 0 Å². The molecule has 5 rings (SSSR count). The molecule has 27 heavy (non-hydrogen) atoms. The summed E-state index contributed by atoms with van der Waals surface area (Å²) < 4.78 is 2.37. The van der Waals surface area contributed by atoms with E-state index in [-0.39, 0.29) is 0 Å². The Morgan fingerprint density at radius 3 is 1.93 bits per heavy atom. The van der Waals surface area contributed by atoms with Gasteiger partial charge in [-0.25, -0.2) is 0 Å². The van der Waals surface area contributed by atoms with Gasteiger partial charge in [0.2, 0.25) is 5.69 Å². The number of benzene rings is 2. The highest BCUT2D eigenvalue weighted by Crippen LogP contribution is 2.33. The summed E-state index contributed by atoms with van der Waals surface area (Å²) in [4.78, 5) is 0. The van der Waals surface area contributed by atoms with Crippen molar-refractivity contribution in [2.24, 2.45) is 0 Å². The minimum atomic E-state index is 0.857. The van der Waals surface area contributed by atoms with E-state index in [2.05, 4.69) is 114 Å². The van der Waals surface area contributed by atoms with E-state index < -0.39 is 0 Å². The molecule has 2 aliphatic carbocycles. The first-order valence-corrected chi connectivity index (χ1v) is 9.33. The number of hydrogen-bond donors (Lipinski definition) is 0. The van der Waals surface area contributed by atoms with E-state index in [1.165, 1.54) is 38.7 Å². The standard InChI is InChI=1S/C26H20N/c1-3-9-20(10-4-1)19-27-16-15-21-11-7-8-14-25(21)26(27)24-17-22-12-5-2-6-13-23(22)18-24/h1-18H,19H2/q+1. The van der Waals surface area contributed by atoms with Crippen molar-refractivity contribution < 1.29 is 4.57 Å². The topological polar surface area (TPSA) is 3.88 Å². The fraction of sp³-hybridized carbons (Fsp3) is 0.0385. The molecule has 0 spiro atoms. The highest BCUT2D eigenvalue weighted by molar-refractivity contribution is 5.95. The van der Waals surface area contributed by atoms with Crippen LogP contribution in [-0.2, 0) is 6.54 Å². The van der Waals surface area contributed by atoms with Crippen LogP contribution in [-0.4, -0.2) is 0 Å². The summed E-state index contributed by atoms with van der Waals surface area (Å²) in [6, 6.07) is 36.8. The van der Waals surface area contributed by atoms with E-state index in [9.17, 15) is 0 Å². The number of aromatic nitrogens is 1. The number of fused-ring (bicyclic) bond motifs is 2. The summed E-state index contributed by atoms with van der Waals surface area (Å²) in [5.74, 6) is 0. The fourth-order valence-electron chi connectivity index (χ4n) is 3.84. The van der Waals surface area contributed by atoms with Gasteiger partial charge in [-0.1, -0.05) is 78.9 Å². The van der Waals surface area contributed by atoms with Gasteiger partial charge in [0, 0.05) is 17.2 Å². The zero-order chi connectivity index (χ0) is 18.1. The van der Waals surface area contributed by atoms with Crippen molar-refractivity contribution in [2.75, 3.05) is 0 Å². The van der Waals surface area contributed by atoms with Crippen LogP contribution in [0, 0.1) is 0 Å². The average molecular weight is 346 g/mol. The van der Waals surface area contributed by atoms with Crippen LogP contribution in [0.25, 0.3) is 33.2 Å². The van der Waals surface area contributed by atoms with E-state index in [0.29, 0.717) is 0 Å². The summed E-state index contributed by atoms with van der Waals surface area (Å²) in [7, 11) is 0. The Morgan fingerprint density at radius 2 is 1.19 bits per heavy atom. The molecule has 0 bridgehead atoms. The van der Waals surface area contributed by atoms with Crippen molar-refractivity contribution in [2.45, 2.75) is 6.54 Å². The molecular weight excluding hydrogens is 326 g/mol. The maximum Gasteiger partial charge on any atom is 0.220 e. The van der Waals surface area contributed by atoms with E-state index in [1.807, 2.05) is 0 Å².